The maximum absolute atomic E-state index is 13.1. The summed E-state index contributed by atoms with van der Waals surface area (Å²) in [7, 11) is 0. The van der Waals surface area contributed by atoms with Crippen LogP contribution in [0.1, 0.15) is 25.3 Å². The minimum Gasteiger partial charge on any atom is -0.393 e. The third-order valence-electron chi connectivity index (χ3n) is 2.09. The maximum atomic E-state index is 13.1. The summed E-state index contributed by atoms with van der Waals surface area (Å²) >= 11 is 0. The summed E-state index contributed by atoms with van der Waals surface area (Å²) in [5.41, 5.74) is 0.242. The van der Waals surface area contributed by atoms with Gasteiger partial charge in [0.2, 0.25) is 0 Å². The van der Waals surface area contributed by atoms with Crippen molar-refractivity contribution in [1.29, 1.82) is 0 Å². The van der Waals surface area contributed by atoms with E-state index in [1.165, 1.54) is 0 Å². The third-order valence-corrected chi connectivity index (χ3v) is 2.09. The summed E-state index contributed by atoms with van der Waals surface area (Å²) < 4.78 is 25.8. The van der Waals surface area contributed by atoms with Crippen molar-refractivity contribution in [2.75, 3.05) is 0 Å². The molecule has 0 saturated heterocycles. The van der Waals surface area contributed by atoms with Crippen molar-refractivity contribution in [2.24, 2.45) is 0 Å². The van der Waals surface area contributed by atoms with Gasteiger partial charge in [0, 0.05) is 6.42 Å². The molecular formula is C11H14F2O. The van der Waals surface area contributed by atoms with Crippen molar-refractivity contribution in [3.8, 4) is 0 Å². The molecule has 0 aromatic heterocycles. The molecule has 0 unspecified atom stereocenters. The first kappa shape index (κ1) is 11.1. The standard InChI is InChI=1S/C11H14F2O/c1-2-3-10(14)7-8-6-9(12)4-5-11(8)13/h4-6,10,14H,2-3,7H2,1H3/t10-/m1/s1. The van der Waals surface area contributed by atoms with E-state index in [4.69, 9.17) is 0 Å². The van der Waals surface area contributed by atoms with Crippen LogP contribution in [0.4, 0.5) is 8.78 Å². The zero-order chi connectivity index (χ0) is 10.6. The van der Waals surface area contributed by atoms with E-state index in [9.17, 15) is 13.9 Å². The van der Waals surface area contributed by atoms with Crippen molar-refractivity contribution in [1.82, 2.24) is 0 Å². The van der Waals surface area contributed by atoms with Gasteiger partial charge in [0.15, 0.2) is 0 Å². The van der Waals surface area contributed by atoms with Crippen LogP contribution in [0.15, 0.2) is 18.2 Å². The van der Waals surface area contributed by atoms with Gasteiger partial charge in [0.25, 0.3) is 0 Å². The molecule has 3 heteroatoms. The lowest BCUT2D eigenvalue weighted by atomic mass is 10.0. The Labute approximate surface area is 82.4 Å². The Balaban J connectivity index is 2.70. The van der Waals surface area contributed by atoms with Gasteiger partial charge in [0.1, 0.15) is 11.6 Å². The number of aliphatic hydroxyl groups is 1. The molecule has 0 bridgehead atoms. The van der Waals surface area contributed by atoms with Crippen molar-refractivity contribution in [2.45, 2.75) is 32.3 Å². The molecule has 0 amide bonds. The molecular weight excluding hydrogens is 186 g/mol. The molecule has 14 heavy (non-hydrogen) atoms. The van der Waals surface area contributed by atoms with Crippen LogP contribution in [-0.2, 0) is 6.42 Å². The van der Waals surface area contributed by atoms with Gasteiger partial charge in [-0.05, 0) is 30.2 Å². The van der Waals surface area contributed by atoms with E-state index in [1.807, 2.05) is 6.92 Å². The number of rotatable bonds is 4. The molecule has 0 aliphatic carbocycles. The highest BCUT2D eigenvalue weighted by atomic mass is 19.1. The maximum Gasteiger partial charge on any atom is 0.126 e. The highest BCUT2D eigenvalue weighted by molar-refractivity contribution is 5.19. The quantitative estimate of drug-likeness (QED) is 0.792. The Morgan fingerprint density at radius 1 is 1.36 bits per heavy atom. The smallest absolute Gasteiger partial charge is 0.126 e. The number of aliphatic hydroxyl groups excluding tert-OH is 1. The molecule has 1 aromatic rings. The predicted molar refractivity (Wildman–Crippen MR) is 51.0 cm³/mol. The molecule has 0 fully saturated rings. The Kier molecular flexibility index (Phi) is 4.01. The minimum atomic E-state index is -0.587. The monoisotopic (exact) mass is 200 g/mol. The number of hydrogen-bond donors (Lipinski definition) is 1. The zero-order valence-electron chi connectivity index (χ0n) is 8.13. The molecule has 1 atom stereocenters. The molecule has 0 aliphatic heterocycles. The molecule has 0 aliphatic rings. The van der Waals surface area contributed by atoms with E-state index >= 15 is 0 Å². The highest BCUT2D eigenvalue weighted by Crippen LogP contribution is 2.13. The molecule has 1 N–H and O–H groups in total. The van der Waals surface area contributed by atoms with E-state index < -0.39 is 17.7 Å². The molecule has 0 heterocycles. The van der Waals surface area contributed by atoms with Crippen LogP contribution in [0.3, 0.4) is 0 Å². The molecule has 0 saturated carbocycles. The fraction of sp³-hybridized carbons (Fsp3) is 0.455. The van der Waals surface area contributed by atoms with Gasteiger partial charge in [-0.3, -0.25) is 0 Å². The summed E-state index contributed by atoms with van der Waals surface area (Å²) in [6, 6.07) is 3.29. The van der Waals surface area contributed by atoms with Crippen LogP contribution in [0.2, 0.25) is 0 Å². The average molecular weight is 200 g/mol. The van der Waals surface area contributed by atoms with E-state index in [-0.39, 0.29) is 12.0 Å². The summed E-state index contributed by atoms with van der Waals surface area (Å²) in [6.07, 6.45) is 1.03. The second-order valence-corrected chi connectivity index (χ2v) is 3.38. The lowest BCUT2D eigenvalue weighted by molar-refractivity contribution is 0.162. The molecule has 1 rings (SSSR count). The van der Waals surface area contributed by atoms with Crippen LogP contribution in [0, 0.1) is 11.6 Å². The second-order valence-electron chi connectivity index (χ2n) is 3.38. The second kappa shape index (κ2) is 5.05. The van der Waals surface area contributed by atoms with Gasteiger partial charge in [0.05, 0.1) is 6.10 Å². The van der Waals surface area contributed by atoms with Crippen LogP contribution < -0.4 is 0 Å². The summed E-state index contributed by atoms with van der Waals surface area (Å²) in [6.45, 7) is 1.94. The first-order valence-corrected chi connectivity index (χ1v) is 4.75. The van der Waals surface area contributed by atoms with E-state index in [0.717, 1.165) is 24.6 Å². The number of benzene rings is 1. The van der Waals surface area contributed by atoms with Crippen molar-refractivity contribution in [3.63, 3.8) is 0 Å². The third kappa shape index (κ3) is 3.07. The Bertz CT molecular complexity index is 299. The SMILES string of the molecule is CCC[C@@H](O)Cc1cc(F)ccc1F. The molecule has 1 aromatic carbocycles. The summed E-state index contributed by atoms with van der Waals surface area (Å²) in [5.74, 6) is -0.924. The van der Waals surface area contributed by atoms with Gasteiger partial charge < -0.3 is 5.11 Å². The fourth-order valence-corrected chi connectivity index (χ4v) is 1.39. The van der Waals surface area contributed by atoms with Gasteiger partial charge in [-0.1, -0.05) is 13.3 Å². The van der Waals surface area contributed by atoms with Gasteiger partial charge in [-0.15, -0.1) is 0 Å². The Morgan fingerprint density at radius 3 is 2.71 bits per heavy atom. The van der Waals surface area contributed by atoms with Gasteiger partial charge in [-0.2, -0.15) is 0 Å². The lowest BCUT2D eigenvalue weighted by Crippen LogP contribution is -2.11. The van der Waals surface area contributed by atoms with Gasteiger partial charge in [-0.25, -0.2) is 8.78 Å². The molecule has 0 spiro atoms. The van der Waals surface area contributed by atoms with Crippen LogP contribution in [0.5, 0.6) is 0 Å². The Morgan fingerprint density at radius 2 is 2.07 bits per heavy atom. The summed E-state index contributed by atoms with van der Waals surface area (Å²) in [5, 5.41) is 9.43. The van der Waals surface area contributed by atoms with Crippen molar-refractivity contribution < 1.29 is 13.9 Å². The van der Waals surface area contributed by atoms with E-state index in [1.54, 1.807) is 0 Å². The summed E-state index contributed by atoms with van der Waals surface area (Å²) in [4.78, 5) is 0. The lowest BCUT2D eigenvalue weighted by Gasteiger charge is -2.09. The average Bonchev–Trinajstić information content (AvgIpc) is 2.12. The first-order valence-electron chi connectivity index (χ1n) is 4.75. The zero-order valence-corrected chi connectivity index (χ0v) is 8.13. The number of halogens is 2. The number of hydrogen-bond acceptors (Lipinski definition) is 1. The van der Waals surface area contributed by atoms with E-state index in [0.29, 0.717) is 6.42 Å². The van der Waals surface area contributed by atoms with Crippen LogP contribution >= 0.6 is 0 Å². The van der Waals surface area contributed by atoms with E-state index in [2.05, 4.69) is 0 Å². The highest BCUT2D eigenvalue weighted by Gasteiger charge is 2.09. The molecule has 0 radical (unpaired) electrons. The van der Waals surface area contributed by atoms with Crippen LogP contribution in [-0.4, -0.2) is 11.2 Å². The largest absolute Gasteiger partial charge is 0.393 e. The minimum absolute atomic E-state index is 0.178. The van der Waals surface area contributed by atoms with Crippen molar-refractivity contribution >= 4 is 0 Å². The molecule has 1 nitrogen and oxygen atoms in total. The Hall–Kier alpha value is -0.960. The fourth-order valence-electron chi connectivity index (χ4n) is 1.39. The predicted octanol–water partition coefficient (Wildman–Crippen LogP) is 2.67. The normalized spacial score (nSPS) is 12.9. The topological polar surface area (TPSA) is 20.2 Å². The first-order chi connectivity index (χ1) is 6.63. The molecule has 78 valence electrons. The van der Waals surface area contributed by atoms with Crippen molar-refractivity contribution in [3.05, 3.63) is 35.4 Å². The van der Waals surface area contributed by atoms with Gasteiger partial charge >= 0.3 is 0 Å². The van der Waals surface area contributed by atoms with Crippen LogP contribution in [0.25, 0.3) is 0 Å².